The number of hydrogen-bond acceptors (Lipinski definition) is 4. The molecule has 3 fully saturated rings. The minimum Gasteiger partial charge on any atom is -0.489 e. The summed E-state index contributed by atoms with van der Waals surface area (Å²) in [7, 11) is 0. The number of carbonyl (C=O) groups is 1. The molecular formula is C25H27Cl2FN2O2S. The Hall–Kier alpha value is -1.47. The smallest absolute Gasteiger partial charge is 0.264 e. The van der Waals surface area contributed by atoms with Crippen molar-refractivity contribution in [1.29, 1.82) is 0 Å². The maximum Gasteiger partial charge on any atom is 0.264 e. The third-order valence-electron chi connectivity index (χ3n) is 6.35. The molecule has 0 bridgehead atoms. The first-order valence-electron chi connectivity index (χ1n) is 11.6. The van der Waals surface area contributed by atoms with Crippen LogP contribution in [0.1, 0.15) is 65.9 Å². The number of rotatable bonds is 8. The molecule has 2 saturated carbocycles. The van der Waals surface area contributed by atoms with Crippen LogP contribution in [0.15, 0.2) is 30.3 Å². The highest BCUT2D eigenvalue weighted by Gasteiger charge is 2.32. The van der Waals surface area contributed by atoms with Crippen LogP contribution in [0.5, 0.6) is 5.75 Å². The van der Waals surface area contributed by atoms with E-state index in [2.05, 4.69) is 9.62 Å². The van der Waals surface area contributed by atoms with Gasteiger partial charge < -0.3 is 4.74 Å². The average molecular weight is 509 g/mol. The monoisotopic (exact) mass is 508 g/mol. The maximum absolute atomic E-state index is 14.9. The lowest BCUT2D eigenvalue weighted by Gasteiger charge is -2.33. The van der Waals surface area contributed by atoms with Crippen LogP contribution >= 0.6 is 35.1 Å². The van der Waals surface area contributed by atoms with Gasteiger partial charge in [0.25, 0.3) is 5.91 Å². The largest absolute Gasteiger partial charge is 0.489 e. The Kier molecular flexibility index (Phi) is 7.07. The fourth-order valence-corrected chi connectivity index (χ4v) is 5.34. The predicted octanol–water partition coefficient (Wildman–Crippen LogP) is 6.59. The Balaban J connectivity index is 1.27. The van der Waals surface area contributed by atoms with Crippen molar-refractivity contribution in [1.82, 2.24) is 9.62 Å². The molecule has 0 spiro atoms. The number of piperidine rings is 1. The lowest BCUT2D eigenvalue weighted by atomic mass is 10.0. The first-order valence-corrected chi connectivity index (χ1v) is 13.2. The van der Waals surface area contributed by atoms with Crippen LogP contribution in [-0.2, 0) is 6.54 Å². The fourth-order valence-electron chi connectivity index (χ4n) is 4.27. The molecule has 3 aliphatic rings. The van der Waals surface area contributed by atoms with Crippen LogP contribution in [0, 0.1) is 5.82 Å². The second-order valence-corrected chi connectivity index (χ2v) is 11.2. The zero-order valence-corrected chi connectivity index (χ0v) is 20.6. The van der Waals surface area contributed by atoms with Crippen LogP contribution < -0.4 is 9.46 Å². The molecule has 1 N–H and O–H groups in total. The summed E-state index contributed by atoms with van der Waals surface area (Å²) in [6.07, 6.45) is 6.22. The van der Waals surface area contributed by atoms with Crippen molar-refractivity contribution in [3.05, 3.63) is 62.9 Å². The van der Waals surface area contributed by atoms with Crippen molar-refractivity contribution in [3.63, 3.8) is 0 Å². The summed E-state index contributed by atoms with van der Waals surface area (Å²) in [4.78, 5) is 14.8. The van der Waals surface area contributed by atoms with Gasteiger partial charge in [0, 0.05) is 24.4 Å². The number of likely N-dealkylation sites (tertiary alicyclic amines) is 1. The highest BCUT2D eigenvalue weighted by molar-refractivity contribution is 7.98. The summed E-state index contributed by atoms with van der Waals surface area (Å²) >= 11 is 13.6. The number of ether oxygens (including phenoxy) is 1. The molecule has 2 aliphatic carbocycles. The Bertz CT molecular complexity index is 1050. The Morgan fingerprint density at radius 1 is 1.12 bits per heavy atom. The maximum atomic E-state index is 14.9. The topological polar surface area (TPSA) is 41.6 Å². The highest BCUT2D eigenvalue weighted by atomic mass is 35.5. The van der Waals surface area contributed by atoms with E-state index < -0.39 is 5.82 Å². The van der Waals surface area contributed by atoms with Gasteiger partial charge >= 0.3 is 0 Å². The van der Waals surface area contributed by atoms with Gasteiger partial charge in [-0.3, -0.25) is 14.4 Å². The second kappa shape index (κ2) is 10.0. The van der Waals surface area contributed by atoms with E-state index in [0.29, 0.717) is 27.0 Å². The standard InChI is InChI=1S/C25H27Cl2FN2O2S/c26-21-8-3-15(10-22(21)27)13-30-9-1-2-17(14-30)32-24-12-23(28)20(11-19(24)16-4-5-16)25(31)29-33-18-6-7-18/h3,8,10-12,16-18H,1-2,4-7,9,13-14H2,(H,29,31). The SMILES string of the molecule is O=C(NSC1CC1)c1cc(C2CC2)c(OC2CCCN(Cc3ccc(Cl)c(Cl)c3)C2)cc1F. The van der Waals surface area contributed by atoms with Gasteiger partial charge in [0.05, 0.1) is 15.6 Å². The van der Waals surface area contributed by atoms with Gasteiger partial charge in [0.1, 0.15) is 17.7 Å². The Morgan fingerprint density at radius 2 is 1.94 bits per heavy atom. The van der Waals surface area contributed by atoms with E-state index in [1.54, 1.807) is 6.07 Å². The van der Waals surface area contributed by atoms with E-state index in [1.807, 2.05) is 18.2 Å². The molecule has 8 heteroatoms. The van der Waals surface area contributed by atoms with Crippen LogP contribution in [0.2, 0.25) is 10.0 Å². The third kappa shape index (κ3) is 5.97. The molecule has 1 saturated heterocycles. The van der Waals surface area contributed by atoms with Gasteiger partial charge in [-0.05, 0) is 92.3 Å². The van der Waals surface area contributed by atoms with Gasteiger partial charge in [0.15, 0.2) is 0 Å². The summed E-state index contributed by atoms with van der Waals surface area (Å²) in [6, 6.07) is 8.84. The van der Waals surface area contributed by atoms with Gasteiger partial charge in [-0.25, -0.2) is 4.39 Å². The molecule has 1 unspecified atom stereocenters. The van der Waals surface area contributed by atoms with E-state index in [0.717, 1.165) is 69.3 Å². The van der Waals surface area contributed by atoms with E-state index in [1.165, 1.54) is 18.0 Å². The van der Waals surface area contributed by atoms with Crippen LogP contribution in [-0.4, -0.2) is 35.3 Å². The molecule has 1 aliphatic heterocycles. The first kappa shape index (κ1) is 23.3. The number of hydrogen-bond donors (Lipinski definition) is 1. The quantitative estimate of drug-likeness (QED) is 0.408. The molecule has 0 aromatic heterocycles. The normalized spacial score (nSPS) is 21.1. The molecule has 0 radical (unpaired) electrons. The van der Waals surface area contributed by atoms with E-state index >= 15 is 0 Å². The molecule has 5 rings (SSSR count). The number of nitrogens with one attached hydrogen (secondary N) is 1. The Morgan fingerprint density at radius 3 is 2.67 bits per heavy atom. The van der Waals surface area contributed by atoms with Crippen molar-refractivity contribution in [2.24, 2.45) is 0 Å². The number of nitrogens with zero attached hydrogens (tertiary/aromatic N) is 1. The minimum absolute atomic E-state index is 0.0245. The second-order valence-electron chi connectivity index (χ2n) is 9.26. The number of carbonyl (C=O) groups excluding carboxylic acids is 1. The fraction of sp³-hybridized carbons (Fsp3) is 0.480. The van der Waals surface area contributed by atoms with Crippen LogP contribution in [0.4, 0.5) is 4.39 Å². The van der Waals surface area contributed by atoms with E-state index in [9.17, 15) is 9.18 Å². The van der Waals surface area contributed by atoms with Crippen molar-refractivity contribution in [2.45, 2.75) is 62.3 Å². The summed E-state index contributed by atoms with van der Waals surface area (Å²) in [5, 5.41) is 1.59. The van der Waals surface area contributed by atoms with Crippen molar-refractivity contribution in [2.75, 3.05) is 13.1 Å². The Labute approximate surface area is 208 Å². The molecule has 176 valence electrons. The molecule has 33 heavy (non-hydrogen) atoms. The van der Waals surface area contributed by atoms with Crippen molar-refractivity contribution in [3.8, 4) is 5.75 Å². The number of amides is 1. The van der Waals surface area contributed by atoms with Crippen molar-refractivity contribution >= 4 is 41.1 Å². The number of benzene rings is 2. The molecule has 2 aromatic rings. The third-order valence-corrected chi connectivity index (χ3v) is 8.20. The summed E-state index contributed by atoms with van der Waals surface area (Å²) in [5.41, 5.74) is 2.18. The molecule has 2 aromatic carbocycles. The average Bonchev–Trinajstić information content (AvgIpc) is 3.69. The highest BCUT2D eigenvalue weighted by Crippen LogP contribution is 2.45. The van der Waals surface area contributed by atoms with Crippen molar-refractivity contribution < 1.29 is 13.9 Å². The zero-order chi connectivity index (χ0) is 22.9. The van der Waals surface area contributed by atoms with Crippen LogP contribution in [0.25, 0.3) is 0 Å². The molecule has 1 heterocycles. The summed E-state index contributed by atoms with van der Waals surface area (Å²) in [5.74, 6) is 0.0528. The summed E-state index contributed by atoms with van der Waals surface area (Å²) in [6.45, 7) is 2.49. The van der Waals surface area contributed by atoms with Gasteiger partial charge in [0.2, 0.25) is 0 Å². The van der Waals surface area contributed by atoms with E-state index in [-0.39, 0.29) is 17.6 Å². The molecular weight excluding hydrogens is 482 g/mol. The molecule has 1 amide bonds. The molecule has 1 atom stereocenters. The zero-order valence-electron chi connectivity index (χ0n) is 18.3. The first-order chi connectivity index (χ1) is 16.0. The molecule has 4 nitrogen and oxygen atoms in total. The van der Waals surface area contributed by atoms with Gasteiger partial charge in [-0.15, -0.1) is 0 Å². The minimum atomic E-state index is -0.522. The summed E-state index contributed by atoms with van der Waals surface area (Å²) < 4.78 is 24.1. The lowest BCUT2D eigenvalue weighted by molar-refractivity contribution is 0.0832. The van der Waals surface area contributed by atoms with Gasteiger partial charge in [-0.1, -0.05) is 29.3 Å². The van der Waals surface area contributed by atoms with Crippen LogP contribution in [0.3, 0.4) is 0 Å². The predicted molar refractivity (Wildman–Crippen MR) is 132 cm³/mol. The lowest BCUT2D eigenvalue weighted by Crippen LogP contribution is -2.40. The number of halogens is 3. The van der Waals surface area contributed by atoms with E-state index in [4.69, 9.17) is 27.9 Å². The van der Waals surface area contributed by atoms with Gasteiger partial charge in [-0.2, -0.15) is 0 Å².